The van der Waals surface area contributed by atoms with Gasteiger partial charge >= 0.3 is 0 Å². The highest BCUT2D eigenvalue weighted by Crippen LogP contribution is 2.52. The van der Waals surface area contributed by atoms with Gasteiger partial charge in [-0.3, -0.25) is 0 Å². The molecular weight excluding hydrogens is 835 g/mol. The fourth-order valence-electron chi connectivity index (χ4n) is 11.0. The van der Waals surface area contributed by atoms with Gasteiger partial charge in [0.25, 0.3) is 0 Å². The van der Waals surface area contributed by atoms with E-state index in [9.17, 15) is 0 Å². The Morgan fingerprint density at radius 3 is 1.46 bits per heavy atom. The molecule has 0 amide bonds. The molecule has 13 rings (SSSR count). The number of benzene rings is 11. The zero-order valence-electron chi connectivity index (χ0n) is 38.5. The van der Waals surface area contributed by atoms with Gasteiger partial charge in [-0.05, 0) is 144 Å². The summed E-state index contributed by atoms with van der Waals surface area (Å²) in [5.41, 5.74) is 22.2. The summed E-state index contributed by atoms with van der Waals surface area (Å²) in [6.45, 7) is 4.70. The van der Waals surface area contributed by atoms with Gasteiger partial charge < -0.3 is 9.32 Å². The highest BCUT2D eigenvalue weighted by molar-refractivity contribution is 6.22. The van der Waals surface area contributed by atoms with Crippen molar-refractivity contribution in [3.05, 3.63) is 260 Å². The first-order valence-electron chi connectivity index (χ1n) is 23.9. The lowest BCUT2D eigenvalue weighted by atomic mass is 9.82. The summed E-state index contributed by atoms with van der Waals surface area (Å²) in [6, 6.07) is 90.4. The average Bonchev–Trinajstić information content (AvgIpc) is 3.91. The van der Waals surface area contributed by atoms with Gasteiger partial charge in [0.15, 0.2) is 0 Å². The summed E-state index contributed by atoms with van der Waals surface area (Å²) < 4.78 is 6.92. The summed E-state index contributed by atoms with van der Waals surface area (Å²) in [5, 5.41) is 4.45. The highest BCUT2D eigenvalue weighted by atomic mass is 16.3. The monoisotopic (exact) mass is 881 g/mol. The Bertz CT molecular complexity index is 3830. The van der Waals surface area contributed by atoms with E-state index in [-0.39, 0.29) is 5.41 Å². The van der Waals surface area contributed by atoms with E-state index in [4.69, 9.17) is 4.42 Å². The van der Waals surface area contributed by atoms with Crippen LogP contribution in [-0.2, 0) is 5.41 Å². The topological polar surface area (TPSA) is 16.4 Å². The molecule has 0 unspecified atom stereocenters. The summed E-state index contributed by atoms with van der Waals surface area (Å²) in [6.07, 6.45) is 0. The number of furan rings is 1. The van der Waals surface area contributed by atoms with Gasteiger partial charge in [-0.25, -0.2) is 0 Å². The minimum Gasteiger partial charge on any atom is -0.455 e. The van der Waals surface area contributed by atoms with Gasteiger partial charge in [0, 0.05) is 27.6 Å². The van der Waals surface area contributed by atoms with Gasteiger partial charge in [-0.2, -0.15) is 0 Å². The zero-order chi connectivity index (χ0) is 46.1. The molecule has 1 aromatic heterocycles. The molecule has 0 spiro atoms. The maximum Gasteiger partial charge on any atom is 0.143 e. The van der Waals surface area contributed by atoms with E-state index in [0.29, 0.717) is 0 Å². The molecule has 0 fully saturated rings. The Morgan fingerprint density at radius 1 is 0.319 bits per heavy atom. The molecule has 0 radical (unpaired) electrons. The first-order valence-corrected chi connectivity index (χ1v) is 23.9. The molecule has 0 saturated heterocycles. The second kappa shape index (κ2) is 16.3. The van der Waals surface area contributed by atoms with E-state index >= 15 is 0 Å². The van der Waals surface area contributed by atoms with Crippen molar-refractivity contribution in [1.29, 1.82) is 0 Å². The molecule has 2 nitrogen and oxygen atoms in total. The lowest BCUT2D eigenvalue weighted by Gasteiger charge is -2.28. The number of rotatable bonds is 8. The third-order valence-corrected chi connectivity index (χ3v) is 14.5. The molecule has 0 bridgehead atoms. The van der Waals surface area contributed by atoms with E-state index in [1.165, 1.54) is 72.3 Å². The Balaban J connectivity index is 0.894. The second-order valence-electron chi connectivity index (χ2n) is 18.9. The van der Waals surface area contributed by atoms with Crippen LogP contribution in [0.2, 0.25) is 0 Å². The number of para-hydroxylation sites is 1. The third kappa shape index (κ3) is 6.87. The van der Waals surface area contributed by atoms with Crippen LogP contribution in [-0.4, -0.2) is 0 Å². The molecule has 0 saturated carbocycles. The normalized spacial score (nSPS) is 12.6. The first-order chi connectivity index (χ1) is 34.0. The minimum absolute atomic E-state index is 0.131. The summed E-state index contributed by atoms with van der Waals surface area (Å²) >= 11 is 0. The fraction of sp³-hybridized carbons (Fsp3) is 0.0448. The summed E-state index contributed by atoms with van der Waals surface area (Å²) in [5.74, 6) is 0. The number of anilines is 3. The predicted octanol–water partition coefficient (Wildman–Crippen LogP) is 18.9. The SMILES string of the molecule is CC1(C)c2ccccc2-c2ccc(N(c3ccccc3)c3cccc4oc5c6ccccc6c(-c6ccc(-c7ccc(-c8cc(-c9ccccc9)cc(-c9ccccc9)c8)cc7)cc6)cc5c34)cc21. The molecule has 0 aliphatic heterocycles. The van der Waals surface area contributed by atoms with E-state index in [2.05, 4.69) is 267 Å². The maximum absolute atomic E-state index is 6.92. The lowest BCUT2D eigenvalue weighted by Crippen LogP contribution is -2.16. The van der Waals surface area contributed by atoms with E-state index in [1.54, 1.807) is 0 Å². The van der Waals surface area contributed by atoms with Crippen molar-refractivity contribution < 1.29 is 4.42 Å². The van der Waals surface area contributed by atoms with Crippen LogP contribution in [0, 0.1) is 0 Å². The standard InChI is InChI=1S/C67H47NO/c1-67(2)61-26-15-14-24-56(61)57-38-37-54(42-62(57)67)68(53-21-10-5-11-22-53)63-27-16-28-64-65(63)60-43-59(55-23-12-13-25-58(55)66(60)69-64)49-35-33-47(34-36-49)46-29-31-48(32-30-46)52-40-50(44-17-6-3-7-18-44)39-51(41-52)45-19-8-4-9-20-45/h3-43H,1-2H3. The van der Waals surface area contributed by atoms with Crippen LogP contribution < -0.4 is 4.90 Å². The zero-order valence-corrected chi connectivity index (χ0v) is 38.5. The molecule has 69 heavy (non-hydrogen) atoms. The van der Waals surface area contributed by atoms with Crippen molar-refractivity contribution >= 4 is 49.8 Å². The Morgan fingerprint density at radius 2 is 0.826 bits per heavy atom. The van der Waals surface area contributed by atoms with Crippen LogP contribution >= 0.6 is 0 Å². The van der Waals surface area contributed by atoms with E-state index < -0.39 is 0 Å². The van der Waals surface area contributed by atoms with Gasteiger partial charge in [-0.1, -0.05) is 202 Å². The highest BCUT2D eigenvalue weighted by Gasteiger charge is 2.36. The maximum atomic E-state index is 6.92. The van der Waals surface area contributed by atoms with Gasteiger partial charge in [0.05, 0.1) is 11.1 Å². The van der Waals surface area contributed by atoms with Crippen LogP contribution in [0.5, 0.6) is 0 Å². The van der Waals surface area contributed by atoms with Crippen molar-refractivity contribution in [2.24, 2.45) is 0 Å². The van der Waals surface area contributed by atoms with Gasteiger partial charge in [-0.15, -0.1) is 0 Å². The fourth-order valence-corrected chi connectivity index (χ4v) is 11.0. The average molecular weight is 882 g/mol. The van der Waals surface area contributed by atoms with Crippen molar-refractivity contribution in [1.82, 2.24) is 0 Å². The Hall–Kier alpha value is -8.72. The molecule has 1 aliphatic carbocycles. The minimum atomic E-state index is -0.131. The first kappa shape index (κ1) is 40.5. The van der Waals surface area contributed by atoms with Crippen molar-refractivity contribution in [3.63, 3.8) is 0 Å². The van der Waals surface area contributed by atoms with Crippen LogP contribution in [0.3, 0.4) is 0 Å². The molecule has 12 aromatic rings. The summed E-state index contributed by atoms with van der Waals surface area (Å²) in [4.78, 5) is 2.41. The predicted molar refractivity (Wildman–Crippen MR) is 291 cm³/mol. The van der Waals surface area contributed by atoms with Crippen molar-refractivity contribution in [2.75, 3.05) is 4.90 Å². The number of hydrogen-bond acceptors (Lipinski definition) is 2. The van der Waals surface area contributed by atoms with Gasteiger partial charge in [0.2, 0.25) is 0 Å². The third-order valence-electron chi connectivity index (χ3n) is 14.5. The van der Waals surface area contributed by atoms with E-state index in [1.807, 2.05) is 0 Å². The van der Waals surface area contributed by atoms with Crippen molar-refractivity contribution in [2.45, 2.75) is 19.3 Å². The van der Waals surface area contributed by atoms with E-state index in [0.717, 1.165) is 55.3 Å². The molecule has 1 heterocycles. The Labute approximate surface area is 403 Å². The van der Waals surface area contributed by atoms with Crippen LogP contribution in [0.1, 0.15) is 25.0 Å². The number of hydrogen-bond donors (Lipinski definition) is 0. The molecule has 0 atom stereocenters. The summed E-state index contributed by atoms with van der Waals surface area (Å²) in [7, 11) is 0. The quantitative estimate of drug-likeness (QED) is 0.151. The van der Waals surface area contributed by atoms with Crippen LogP contribution in [0.25, 0.3) is 99.5 Å². The molecule has 1 aliphatic rings. The lowest BCUT2D eigenvalue weighted by molar-refractivity contribution is 0.660. The largest absolute Gasteiger partial charge is 0.455 e. The Kier molecular flexibility index (Phi) is 9.55. The molecule has 2 heteroatoms. The van der Waals surface area contributed by atoms with Crippen LogP contribution in [0.4, 0.5) is 17.1 Å². The molecular formula is C67H47NO. The molecule has 11 aromatic carbocycles. The molecule has 326 valence electrons. The van der Waals surface area contributed by atoms with Crippen LogP contribution in [0.15, 0.2) is 253 Å². The smallest absolute Gasteiger partial charge is 0.143 e. The van der Waals surface area contributed by atoms with Gasteiger partial charge in [0.1, 0.15) is 11.2 Å². The van der Waals surface area contributed by atoms with Crippen molar-refractivity contribution in [3.8, 4) is 66.8 Å². The second-order valence-corrected chi connectivity index (χ2v) is 18.9. The number of nitrogens with zero attached hydrogens (tertiary/aromatic N) is 1. The number of fused-ring (bicyclic) bond motifs is 8. The molecule has 0 N–H and O–H groups in total.